The van der Waals surface area contributed by atoms with E-state index in [2.05, 4.69) is 10.4 Å². The van der Waals surface area contributed by atoms with E-state index in [0.29, 0.717) is 18.2 Å². The summed E-state index contributed by atoms with van der Waals surface area (Å²) in [5.41, 5.74) is 0.387. The molecule has 1 aliphatic heterocycles. The lowest BCUT2D eigenvalue weighted by molar-refractivity contribution is -0.386. The van der Waals surface area contributed by atoms with Crippen LogP contribution in [0.5, 0.6) is 5.88 Å². The summed E-state index contributed by atoms with van der Waals surface area (Å²) in [5.74, 6) is 0.694. The Labute approximate surface area is 112 Å². The molecule has 1 N–H and O–H groups in total. The first kappa shape index (κ1) is 13.8. The van der Waals surface area contributed by atoms with Crippen LogP contribution in [0.15, 0.2) is 0 Å². The molecule has 2 heterocycles. The zero-order valence-corrected chi connectivity index (χ0v) is 11.5. The normalized spacial score (nSPS) is 19.1. The number of hydrogen-bond donors (Lipinski definition) is 1. The smallest absolute Gasteiger partial charge is 0.353 e. The molecule has 1 atom stereocenters. The van der Waals surface area contributed by atoms with E-state index >= 15 is 0 Å². The van der Waals surface area contributed by atoms with Gasteiger partial charge in [0.25, 0.3) is 5.88 Å². The summed E-state index contributed by atoms with van der Waals surface area (Å²) in [6.07, 6.45) is 1.04. The molecule has 19 heavy (non-hydrogen) atoms. The number of aryl methyl sites for hydroxylation is 1. The fourth-order valence-corrected chi connectivity index (χ4v) is 2.27. The second kappa shape index (κ2) is 5.56. The molecule has 0 amide bonds. The minimum absolute atomic E-state index is 0.0142. The number of rotatable bonds is 5. The maximum absolute atomic E-state index is 11.1. The van der Waals surface area contributed by atoms with E-state index in [9.17, 15) is 10.1 Å². The minimum Gasteiger partial charge on any atom is -0.473 e. The molecule has 0 radical (unpaired) electrons. The van der Waals surface area contributed by atoms with Crippen LogP contribution in [-0.2, 0) is 0 Å². The highest BCUT2D eigenvalue weighted by Gasteiger charge is 2.29. The Balaban J connectivity index is 2.22. The highest BCUT2D eigenvalue weighted by atomic mass is 16.6. The molecule has 7 heteroatoms. The molecule has 1 aromatic rings. The average molecular weight is 268 g/mol. The molecule has 1 aromatic heterocycles. The Kier molecular flexibility index (Phi) is 4.04. The molecule has 1 saturated heterocycles. The van der Waals surface area contributed by atoms with Crippen LogP contribution in [0.1, 0.15) is 32.0 Å². The van der Waals surface area contributed by atoms with Crippen molar-refractivity contribution in [2.45, 2.75) is 33.2 Å². The van der Waals surface area contributed by atoms with Gasteiger partial charge in [-0.3, -0.25) is 10.1 Å². The van der Waals surface area contributed by atoms with Gasteiger partial charge in [-0.05, 0) is 33.7 Å². The van der Waals surface area contributed by atoms with Crippen LogP contribution in [0.3, 0.4) is 0 Å². The Morgan fingerprint density at radius 3 is 2.89 bits per heavy atom. The first-order chi connectivity index (χ1) is 9.00. The maximum Gasteiger partial charge on any atom is 0.353 e. The van der Waals surface area contributed by atoms with Crippen LogP contribution in [0.2, 0.25) is 0 Å². The van der Waals surface area contributed by atoms with E-state index < -0.39 is 4.92 Å². The van der Waals surface area contributed by atoms with Crippen LogP contribution < -0.4 is 10.1 Å². The Hall–Kier alpha value is -1.63. The van der Waals surface area contributed by atoms with E-state index in [1.807, 2.05) is 13.8 Å². The first-order valence-corrected chi connectivity index (χ1v) is 6.57. The van der Waals surface area contributed by atoms with Crippen molar-refractivity contribution in [3.05, 3.63) is 15.8 Å². The molecule has 1 fully saturated rings. The number of nitrogens with one attached hydrogen (secondary N) is 1. The molecule has 1 unspecified atom stereocenters. The van der Waals surface area contributed by atoms with Gasteiger partial charge in [0.2, 0.25) is 0 Å². The molecular formula is C12H20N4O3. The van der Waals surface area contributed by atoms with Gasteiger partial charge in [-0.25, -0.2) is 4.68 Å². The molecule has 1 aliphatic rings. The summed E-state index contributed by atoms with van der Waals surface area (Å²) in [4.78, 5) is 10.7. The fraction of sp³-hybridized carbons (Fsp3) is 0.750. The van der Waals surface area contributed by atoms with Crippen molar-refractivity contribution in [2.24, 2.45) is 5.92 Å². The summed E-state index contributed by atoms with van der Waals surface area (Å²) in [6, 6.07) is 0.0316. The average Bonchev–Trinajstić information content (AvgIpc) is 2.92. The Morgan fingerprint density at radius 2 is 2.37 bits per heavy atom. The molecule has 0 spiro atoms. The molecule has 0 saturated carbocycles. The predicted molar refractivity (Wildman–Crippen MR) is 70.5 cm³/mol. The number of nitro groups is 1. The largest absolute Gasteiger partial charge is 0.473 e. The lowest BCUT2D eigenvalue weighted by Crippen LogP contribution is -2.17. The number of aromatic nitrogens is 2. The highest BCUT2D eigenvalue weighted by Crippen LogP contribution is 2.33. The molecule has 0 aliphatic carbocycles. The van der Waals surface area contributed by atoms with Crippen molar-refractivity contribution < 1.29 is 9.66 Å². The van der Waals surface area contributed by atoms with Crippen molar-refractivity contribution in [3.8, 4) is 5.88 Å². The third-order valence-corrected chi connectivity index (χ3v) is 3.30. The second-order valence-corrected chi connectivity index (χ2v) is 5.20. The standard InChI is InChI=1S/C12H20N4O3/c1-8(2)15-12(11(16(17)18)9(3)14-15)19-7-10-4-5-13-6-10/h8,10,13H,4-7H2,1-3H3. The van der Waals surface area contributed by atoms with Gasteiger partial charge in [-0.2, -0.15) is 5.10 Å². The first-order valence-electron chi connectivity index (χ1n) is 6.57. The number of nitrogens with zero attached hydrogens (tertiary/aromatic N) is 3. The van der Waals surface area contributed by atoms with Crippen molar-refractivity contribution >= 4 is 5.69 Å². The van der Waals surface area contributed by atoms with Crippen LogP contribution in [0.25, 0.3) is 0 Å². The van der Waals surface area contributed by atoms with Crippen molar-refractivity contribution in [3.63, 3.8) is 0 Å². The quantitative estimate of drug-likeness (QED) is 0.649. The Bertz CT molecular complexity index is 464. The maximum atomic E-state index is 11.1. The van der Waals surface area contributed by atoms with Crippen LogP contribution in [0.4, 0.5) is 5.69 Å². The molecule has 0 bridgehead atoms. The molecule has 2 rings (SSSR count). The van der Waals surface area contributed by atoms with Gasteiger partial charge in [-0.1, -0.05) is 0 Å². The lowest BCUT2D eigenvalue weighted by Gasteiger charge is -2.13. The second-order valence-electron chi connectivity index (χ2n) is 5.20. The molecule has 0 aromatic carbocycles. The van der Waals surface area contributed by atoms with Gasteiger partial charge in [0.15, 0.2) is 0 Å². The van der Waals surface area contributed by atoms with Crippen molar-refractivity contribution in [2.75, 3.05) is 19.7 Å². The predicted octanol–water partition coefficient (Wildman–Crippen LogP) is 1.67. The third kappa shape index (κ3) is 2.86. The zero-order chi connectivity index (χ0) is 14.0. The van der Waals surface area contributed by atoms with E-state index in [1.54, 1.807) is 11.6 Å². The van der Waals surface area contributed by atoms with E-state index in [1.165, 1.54) is 0 Å². The highest BCUT2D eigenvalue weighted by molar-refractivity contribution is 5.46. The van der Waals surface area contributed by atoms with E-state index in [-0.39, 0.29) is 17.6 Å². The molecule has 106 valence electrons. The van der Waals surface area contributed by atoms with Crippen LogP contribution in [-0.4, -0.2) is 34.4 Å². The zero-order valence-electron chi connectivity index (χ0n) is 11.5. The summed E-state index contributed by atoms with van der Waals surface area (Å²) < 4.78 is 7.31. The monoisotopic (exact) mass is 268 g/mol. The summed E-state index contributed by atoms with van der Waals surface area (Å²) in [5, 5.41) is 18.6. The number of ether oxygens (including phenoxy) is 1. The van der Waals surface area contributed by atoms with Gasteiger partial charge in [0, 0.05) is 12.5 Å². The van der Waals surface area contributed by atoms with Gasteiger partial charge in [-0.15, -0.1) is 0 Å². The van der Waals surface area contributed by atoms with Crippen molar-refractivity contribution in [1.82, 2.24) is 15.1 Å². The number of hydrogen-bond acceptors (Lipinski definition) is 5. The lowest BCUT2D eigenvalue weighted by atomic mass is 10.1. The topological polar surface area (TPSA) is 82.2 Å². The van der Waals surface area contributed by atoms with Gasteiger partial charge in [0.05, 0.1) is 17.6 Å². The third-order valence-electron chi connectivity index (χ3n) is 3.30. The SMILES string of the molecule is Cc1nn(C(C)C)c(OCC2CCNC2)c1[N+](=O)[O-]. The van der Waals surface area contributed by atoms with Gasteiger partial charge >= 0.3 is 5.69 Å². The van der Waals surface area contributed by atoms with E-state index in [4.69, 9.17) is 4.74 Å². The minimum atomic E-state index is -0.413. The Morgan fingerprint density at radius 1 is 1.63 bits per heavy atom. The fourth-order valence-electron chi connectivity index (χ4n) is 2.27. The van der Waals surface area contributed by atoms with Gasteiger partial charge < -0.3 is 10.1 Å². The van der Waals surface area contributed by atoms with Crippen LogP contribution >= 0.6 is 0 Å². The summed E-state index contributed by atoms with van der Waals surface area (Å²) in [6.45, 7) is 7.88. The van der Waals surface area contributed by atoms with Crippen LogP contribution in [0, 0.1) is 23.0 Å². The summed E-state index contributed by atoms with van der Waals surface area (Å²) >= 11 is 0. The molecule has 7 nitrogen and oxygen atoms in total. The molecular weight excluding hydrogens is 248 g/mol. The van der Waals surface area contributed by atoms with E-state index in [0.717, 1.165) is 19.5 Å². The summed E-state index contributed by atoms with van der Waals surface area (Å²) in [7, 11) is 0. The van der Waals surface area contributed by atoms with Gasteiger partial charge in [0.1, 0.15) is 5.69 Å². The van der Waals surface area contributed by atoms with Crippen molar-refractivity contribution in [1.29, 1.82) is 0 Å².